The highest BCUT2D eigenvalue weighted by Gasteiger charge is 2.22. The Hall–Kier alpha value is -2.67. The Morgan fingerprint density at radius 2 is 2.27 bits per heavy atom. The Bertz CT molecular complexity index is 1000. The molecule has 6 nitrogen and oxygen atoms in total. The van der Waals surface area contributed by atoms with E-state index in [-0.39, 0.29) is 18.0 Å². The lowest BCUT2D eigenvalue weighted by molar-refractivity contribution is -0.130. The Morgan fingerprint density at radius 1 is 1.35 bits per heavy atom. The van der Waals surface area contributed by atoms with Crippen LogP contribution in [-0.4, -0.2) is 20.4 Å². The number of nitrogens with zero attached hydrogens (tertiary/aromatic N) is 3. The molecule has 0 fully saturated rings. The number of furan rings is 1. The van der Waals surface area contributed by atoms with E-state index in [0.717, 1.165) is 37.1 Å². The third kappa shape index (κ3) is 3.35. The molecule has 1 aliphatic rings. The monoisotopic (exact) mass is 369 g/mol. The van der Waals surface area contributed by atoms with Gasteiger partial charge < -0.3 is 9.32 Å². The lowest BCUT2D eigenvalue weighted by atomic mass is 10.0. The quantitative estimate of drug-likeness (QED) is 0.690. The molecular weight excluding hydrogens is 350 g/mol. The van der Waals surface area contributed by atoms with Crippen molar-refractivity contribution in [2.45, 2.75) is 38.8 Å². The maximum Gasteiger partial charge on any atom is 0.262 e. The minimum atomic E-state index is -0.180. The zero-order valence-corrected chi connectivity index (χ0v) is 15.1. The molecular formula is C19H19N3O3S. The van der Waals surface area contributed by atoms with Crippen molar-refractivity contribution in [2.75, 3.05) is 0 Å². The van der Waals surface area contributed by atoms with Crippen LogP contribution < -0.4 is 5.56 Å². The Morgan fingerprint density at radius 3 is 3.04 bits per heavy atom. The molecule has 0 N–H and O–H groups in total. The van der Waals surface area contributed by atoms with Crippen LogP contribution in [0, 0.1) is 0 Å². The summed E-state index contributed by atoms with van der Waals surface area (Å²) in [5, 5.41) is 2.39. The summed E-state index contributed by atoms with van der Waals surface area (Å²) in [7, 11) is 0. The molecule has 1 aliphatic carbocycles. The van der Waals surface area contributed by atoms with Crippen LogP contribution in [0.25, 0.3) is 10.2 Å². The molecule has 0 saturated carbocycles. The van der Waals surface area contributed by atoms with Crippen LogP contribution in [0.3, 0.4) is 0 Å². The highest BCUT2D eigenvalue weighted by atomic mass is 32.1. The summed E-state index contributed by atoms with van der Waals surface area (Å²) < 4.78 is 6.81. The van der Waals surface area contributed by atoms with Gasteiger partial charge in [0.05, 0.1) is 24.5 Å². The van der Waals surface area contributed by atoms with Crippen molar-refractivity contribution < 1.29 is 9.21 Å². The molecule has 0 atom stereocenters. The molecule has 0 bridgehead atoms. The highest BCUT2D eigenvalue weighted by molar-refractivity contribution is 7.16. The minimum Gasteiger partial charge on any atom is -0.467 e. The van der Waals surface area contributed by atoms with E-state index in [0.29, 0.717) is 16.8 Å². The van der Waals surface area contributed by atoms with Gasteiger partial charge in [-0.3, -0.25) is 14.2 Å². The van der Waals surface area contributed by atoms with Crippen molar-refractivity contribution in [3.8, 4) is 0 Å². The first-order valence-electron chi connectivity index (χ1n) is 8.67. The first-order valence-corrected chi connectivity index (χ1v) is 9.55. The Kier molecular flexibility index (Phi) is 4.71. The molecule has 3 heterocycles. The number of aromatic nitrogens is 2. The number of rotatable bonds is 5. The van der Waals surface area contributed by atoms with Gasteiger partial charge in [-0.2, -0.15) is 0 Å². The van der Waals surface area contributed by atoms with Crippen LogP contribution in [0.5, 0.6) is 0 Å². The molecule has 134 valence electrons. The maximum atomic E-state index is 13.0. The van der Waals surface area contributed by atoms with Gasteiger partial charge >= 0.3 is 0 Å². The second-order valence-electron chi connectivity index (χ2n) is 6.32. The van der Waals surface area contributed by atoms with Crippen molar-refractivity contribution in [1.82, 2.24) is 14.5 Å². The van der Waals surface area contributed by atoms with Crippen LogP contribution in [0.2, 0.25) is 0 Å². The van der Waals surface area contributed by atoms with Gasteiger partial charge in [-0.1, -0.05) is 6.08 Å². The largest absolute Gasteiger partial charge is 0.467 e. The van der Waals surface area contributed by atoms with Crippen molar-refractivity contribution in [3.63, 3.8) is 0 Å². The minimum absolute atomic E-state index is 0.0321. The van der Waals surface area contributed by atoms with E-state index in [1.54, 1.807) is 17.2 Å². The lowest BCUT2D eigenvalue weighted by Crippen LogP contribution is -2.36. The van der Waals surface area contributed by atoms with E-state index in [9.17, 15) is 9.59 Å². The summed E-state index contributed by atoms with van der Waals surface area (Å²) in [6.45, 7) is 0.343. The third-order valence-electron chi connectivity index (χ3n) is 4.56. The number of fused-ring (bicyclic) bond motifs is 1. The van der Waals surface area contributed by atoms with Crippen LogP contribution in [0.1, 0.15) is 31.4 Å². The zero-order valence-electron chi connectivity index (χ0n) is 14.3. The molecule has 0 radical (unpaired) electrons. The molecule has 3 aromatic heterocycles. The number of hydrogen-bond donors (Lipinski definition) is 0. The Balaban J connectivity index is 1.61. The summed E-state index contributed by atoms with van der Waals surface area (Å²) in [5.41, 5.74) is 0.829. The van der Waals surface area contributed by atoms with Crippen molar-refractivity contribution >= 4 is 27.5 Å². The van der Waals surface area contributed by atoms with E-state index in [2.05, 4.69) is 11.1 Å². The molecule has 3 aromatic rings. The summed E-state index contributed by atoms with van der Waals surface area (Å²) in [5.74, 6) is 0.594. The molecule has 0 unspecified atom stereocenters. The second-order valence-corrected chi connectivity index (χ2v) is 7.21. The summed E-state index contributed by atoms with van der Waals surface area (Å²) in [4.78, 5) is 32.3. The van der Waals surface area contributed by atoms with Gasteiger partial charge in [0.1, 0.15) is 17.1 Å². The highest BCUT2D eigenvalue weighted by Crippen LogP contribution is 2.23. The van der Waals surface area contributed by atoms with Gasteiger partial charge in [-0.25, -0.2) is 4.98 Å². The summed E-state index contributed by atoms with van der Waals surface area (Å²) >= 11 is 1.42. The molecule has 0 aliphatic heterocycles. The standard InChI is InChI=1S/C19H19N3O3S/c23-17(12-21-13-20-18-16(19(21)24)8-10-26-18)22(11-15-7-4-9-25-15)14-5-2-1-3-6-14/h4-5,7-10,13H,1-3,6,11-12H2. The number of carbonyl (C=O) groups is 1. The van der Waals surface area contributed by atoms with Crippen LogP contribution in [-0.2, 0) is 17.9 Å². The van der Waals surface area contributed by atoms with E-state index in [4.69, 9.17) is 4.42 Å². The maximum absolute atomic E-state index is 13.0. The number of amides is 1. The van der Waals surface area contributed by atoms with Gasteiger partial charge in [0.25, 0.3) is 5.56 Å². The van der Waals surface area contributed by atoms with Gasteiger partial charge in [-0.05, 0) is 49.3 Å². The summed E-state index contributed by atoms with van der Waals surface area (Å²) in [6, 6.07) is 5.42. The lowest BCUT2D eigenvalue weighted by Gasteiger charge is -2.27. The summed E-state index contributed by atoms with van der Waals surface area (Å²) in [6.07, 6.45) is 9.22. The van der Waals surface area contributed by atoms with Crippen molar-refractivity contribution in [1.29, 1.82) is 0 Å². The van der Waals surface area contributed by atoms with Gasteiger partial charge in [-0.15, -0.1) is 11.3 Å². The second kappa shape index (κ2) is 7.29. The van der Waals surface area contributed by atoms with Crippen LogP contribution in [0.15, 0.2) is 57.2 Å². The molecule has 7 heteroatoms. The normalized spacial score (nSPS) is 14.4. The molecule has 0 saturated heterocycles. The fraction of sp³-hybridized carbons (Fsp3) is 0.316. The van der Waals surface area contributed by atoms with Crippen LogP contribution in [0.4, 0.5) is 0 Å². The molecule has 0 aromatic carbocycles. The Labute approximate surface area is 154 Å². The molecule has 26 heavy (non-hydrogen) atoms. The van der Waals surface area contributed by atoms with Gasteiger partial charge in [0, 0.05) is 5.70 Å². The van der Waals surface area contributed by atoms with E-state index >= 15 is 0 Å². The predicted molar refractivity (Wildman–Crippen MR) is 99.7 cm³/mol. The molecule has 4 rings (SSSR count). The molecule has 0 spiro atoms. The van der Waals surface area contributed by atoms with Crippen LogP contribution >= 0.6 is 11.3 Å². The van der Waals surface area contributed by atoms with Gasteiger partial charge in [0.2, 0.25) is 5.91 Å². The first kappa shape index (κ1) is 16.8. The number of allylic oxidation sites excluding steroid dienone is 2. The number of hydrogen-bond acceptors (Lipinski definition) is 5. The van der Waals surface area contributed by atoms with E-state index in [1.807, 2.05) is 17.5 Å². The number of thiophene rings is 1. The average molecular weight is 369 g/mol. The number of carbonyl (C=O) groups excluding carboxylic acids is 1. The predicted octanol–water partition coefficient (Wildman–Crippen LogP) is 3.54. The van der Waals surface area contributed by atoms with E-state index < -0.39 is 0 Å². The fourth-order valence-electron chi connectivity index (χ4n) is 3.21. The zero-order chi connectivity index (χ0) is 17.9. The van der Waals surface area contributed by atoms with Crippen molar-refractivity contribution in [3.05, 3.63) is 64.1 Å². The topological polar surface area (TPSA) is 68.3 Å². The average Bonchev–Trinajstić information content (AvgIpc) is 3.34. The van der Waals surface area contributed by atoms with E-state index in [1.165, 1.54) is 22.2 Å². The first-order chi connectivity index (χ1) is 12.7. The smallest absolute Gasteiger partial charge is 0.262 e. The SMILES string of the molecule is O=C(Cn1cnc2sccc2c1=O)N(Cc1ccco1)C1=CCCCC1. The third-order valence-corrected chi connectivity index (χ3v) is 5.39. The van der Waals surface area contributed by atoms with Crippen molar-refractivity contribution in [2.24, 2.45) is 0 Å². The fourth-order valence-corrected chi connectivity index (χ4v) is 3.93. The van der Waals surface area contributed by atoms with Gasteiger partial charge in [0.15, 0.2) is 0 Å². The molecule has 1 amide bonds.